The Labute approximate surface area is 252 Å². The highest BCUT2D eigenvalue weighted by molar-refractivity contribution is 6.03. The van der Waals surface area contributed by atoms with Gasteiger partial charge in [0.1, 0.15) is 17.3 Å². The minimum atomic E-state index is -4.92. The molecule has 14 heteroatoms. The first-order chi connectivity index (χ1) is 21.2. The van der Waals surface area contributed by atoms with Crippen molar-refractivity contribution in [1.29, 1.82) is 0 Å². The van der Waals surface area contributed by atoms with Gasteiger partial charge < -0.3 is 10.6 Å². The molecule has 7 nitrogen and oxygen atoms in total. The number of para-hydroxylation sites is 1. The average molecular weight is 632 g/mol. The molecule has 0 spiro atoms. The number of anilines is 2. The van der Waals surface area contributed by atoms with Crippen molar-refractivity contribution in [2.45, 2.75) is 25.3 Å². The zero-order valence-corrected chi connectivity index (χ0v) is 23.4. The third-order valence-electron chi connectivity index (χ3n) is 7.12. The SMILES string of the molecule is C=C1c2ccc(F)cc2N[C@H](C(F)(F)F)c2nn(-c3ccccc3)c(N(CC)C(=O)CNC(=O)c3cccc(C(F)(F)F)c3)c21. The summed E-state index contributed by atoms with van der Waals surface area (Å²) in [7, 11) is 0. The molecule has 234 valence electrons. The fourth-order valence-electron chi connectivity index (χ4n) is 5.04. The number of rotatable bonds is 6. The normalized spacial score (nSPS) is 14.6. The maximum atomic E-state index is 14.5. The summed E-state index contributed by atoms with van der Waals surface area (Å²) in [6.45, 7) is 4.72. The Morgan fingerprint density at radius 2 is 1.71 bits per heavy atom. The van der Waals surface area contributed by atoms with Gasteiger partial charge in [0.25, 0.3) is 5.91 Å². The molecule has 45 heavy (non-hydrogen) atoms. The number of amides is 2. The quantitative estimate of drug-likeness (QED) is 0.227. The summed E-state index contributed by atoms with van der Waals surface area (Å²) in [6.07, 6.45) is -9.62. The van der Waals surface area contributed by atoms with E-state index < -0.39 is 53.8 Å². The van der Waals surface area contributed by atoms with Gasteiger partial charge in [-0.05, 0) is 61.0 Å². The summed E-state index contributed by atoms with van der Waals surface area (Å²) < 4.78 is 98.3. The minimum Gasteiger partial charge on any atom is -0.368 e. The van der Waals surface area contributed by atoms with Crippen LogP contribution in [0.15, 0.2) is 79.4 Å². The van der Waals surface area contributed by atoms with Crippen LogP contribution in [0.2, 0.25) is 0 Å². The van der Waals surface area contributed by atoms with E-state index in [1.165, 1.54) is 6.07 Å². The number of alkyl halides is 6. The number of nitrogens with zero attached hydrogens (tertiary/aromatic N) is 3. The molecule has 2 N–H and O–H groups in total. The van der Waals surface area contributed by atoms with Gasteiger partial charge in [-0.2, -0.15) is 31.4 Å². The minimum absolute atomic E-state index is 0.0238. The standard InChI is InChI=1S/C31H24F7N5O2/c1-3-42(24(44)16-39-28(45)18-8-7-9-19(14-18)30(33,34)35)29-25-17(2)22-13-12-20(32)15-23(22)40-27(31(36,37)38)26(25)41-43(29)21-10-5-4-6-11-21/h4-15,27,40H,2-3,16H2,1H3,(H,39,45)/t27-/m0/s1. The molecule has 5 rings (SSSR count). The lowest BCUT2D eigenvalue weighted by Gasteiger charge is -2.24. The van der Waals surface area contributed by atoms with Gasteiger partial charge in [-0.1, -0.05) is 30.8 Å². The molecule has 0 aliphatic carbocycles. The highest BCUT2D eigenvalue weighted by Crippen LogP contribution is 2.48. The Bertz CT molecular complexity index is 1780. The van der Waals surface area contributed by atoms with Crippen LogP contribution in [-0.2, 0) is 11.0 Å². The zero-order valence-electron chi connectivity index (χ0n) is 23.4. The van der Waals surface area contributed by atoms with Crippen molar-refractivity contribution in [3.8, 4) is 5.69 Å². The van der Waals surface area contributed by atoms with E-state index >= 15 is 0 Å². The van der Waals surface area contributed by atoms with Crippen molar-refractivity contribution in [2.24, 2.45) is 0 Å². The summed E-state index contributed by atoms with van der Waals surface area (Å²) in [6, 6.07) is 12.5. The van der Waals surface area contributed by atoms with Crippen LogP contribution in [0.25, 0.3) is 11.3 Å². The van der Waals surface area contributed by atoms with Gasteiger partial charge in [0, 0.05) is 23.4 Å². The third-order valence-corrected chi connectivity index (χ3v) is 7.12. The van der Waals surface area contributed by atoms with Crippen LogP contribution in [0.3, 0.4) is 0 Å². The van der Waals surface area contributed by atoms with E-state index in [0.717, 1.165) is 39.9 Å². The molecule has 0 bridgehead atoms. The number of fused-ring (bicyclic) bond motifs is 2. The lowest BCUT2D eigenvalue weighted by atomic mass is 9.97. The summed E-state index contributed by atoms with van der Waals surface area (Å²) >= 11 is 0. The Morgan fingerprint density at radius 3 is 2.36 bits per heavy atom. The molecule has 1 aliphatic rings. The highest BCUT2D eigenvalue weighted by Gasteiger charge is 2.47. The number of nitrogens with one attached hydrogen (secondary N) is 2. The number of likely N-dealkylation sites (N-methyl/N-ethyl adjacent to an activating group) is 1. The van der Waals surface area contributed by atoms with Crippen LogP contribution >= 0.6 is 0 Å². The number of carbonyl (C=O) groups excluding carboxylic acids is 2. The van der Waals surface area contributed by atoms with Crippen molar-refractivity contribution in [2.75, 3.05) is 23.3 Å². The Balaban J connectivity index is 1.60. The van der Waals surface area contributed by atoms with Gasteiger partial charge in [-0.15, -0.1) is 0 Å². The average Bonchev–Trinajstić information content (AvgIpc) is 3.32. The first-order valence-corrected chi connectivity index (χ1v) is 13.5. The smallest absolute Gasteiger partial charge is 0.368 e. The van der Waals surface area contributed by atoms with Gasteiger partial charge in [-0.3, -0.25) is 14.5 Å². The fourth-order valence-corrected chi connectivity index (χ4v) is 5.04. The molecule has 0 fully saturated rings. The van der Waals surface area contributed by atoms with Crippen molar-refractivity contribution in [1.82, 2.24) is 15.1 Å². The van der Waals surface area contributed by atoms with Gasteiger partial charge in [0.05, 0.1) is 23.4 Å². The third kappa shape index (κ3) is 6.12. The van der Waals surface area contributed by atoms with Crippen LogP contribution in [0.4, 0.5) is 42.2 Å². The van der Waals surface area contributed by atoms with E-state index in [4.69, 9.17) is 0 Å². The summed E-state index contributed by atoms with van der Waals surface area (Å²) in [5, 5.41) is 8.93. The monoisotopic (exact) mass is 631 g/mol. The number of hydrogen-bond donors (Lipinski definition) is 2. The second-order valence-corrected chi connectivity index (χ2v) is 10.0. The topological polar surface area (TPSA) is 79.3 Å². The van der Waals surface area contributed by atoms with E-state index in [0.29, 0.717) is 11.8 Å². The molecule has 4 aromatic rings. The lowest BCUT2D eigenvalue weighted by molar-refractivity contribution is -0.144. The molecule has 0 unspecified atom stereocenters. The number of hydrogen-bond acceptors (Lipinski definition) is 4. The Hall–Kier alpha value is -5.14. The molecular formula is C31H24F7N5O2. The first kappa shape index (κ1) is 31.3. The zero-order chi connectivity index (χ0) is 32.7. The lowest BCUT2D eigenvalue weighted by Crippen LogP contribution is -2.41. The van der Waals surface area contributed by atoms with Gasteiger partial charge in [0.2, 0.25) is 5.91 Å². The molecule has 3 aromatic carbocycles. The second-order valence-electron chi connectivity index (χ2n) is 10.0. The van der Waals surface area contributed by atoms with E-state index in [1.807, 2.05) is 0 Å². The number of carbonyl (C=O) groups is 2. The van der Waals surface area contributed by atoms with Crippen LogP contribution in [0.5, 0.6) is 0 Å². The van der Waals surface area contributed by atoms with E-state index in [2.05, 4.69) is 22.3 Å². The van der Waals surface area contributed by atoms with Crippen molar-refractivity contribution in [3.05, 3.63) is 113 Å². The summed E-state index contributed by atoms with van der Waals surface area (Å²) in [4.78, 5) is 27.5. The maximum absolute atomic E-state index is 14.5. The summed E-state index contributed by atoms with van der Waals surface area (Å²) in [5.41, 5.74) is -1.79. The molecule has 2 heterocycles. The predicted molar refractivity (Wildman–Crippen MR) is 152 cm³/mol. The van der Waals surface area contributed by atoms with Crippen molar-refractivity contribution >= 4 is 28.9 Å². The van der Waals surface area contributed by atoms with Gasteiger partial charge >= 0.3 is 12.4 Å². The van der Waals surface area contributed by atoms with Crippen LogP contribution in [0.1, 0.15) is 45.7 Å². The van der Waals surface area contributed by atoms with Crippen LogP contribution in [-0.4, -0.2) is 40.9 Å². The fraction of sp³-hybridized carbons (Fsp3) is 0.194. The molecule has 1 atom stereocenters. The predicted octanol–water partition coefficient (Wildman–Crippen LogP) is 6.90. The molecule has 1 aromatic heterocycles. The van der Waals surface area contributed by atoms with E-state index in [1.54, 1.807) is 37.3 Å². The second kappa shape index (κ2) is 11.7. The van der Waals surface area contributed by atoms with Gasteiger partial charge in [-0.25, -0.2) is 9.07 Å². The van der Waals surface area contributed by atoms with E-state index in [9.17, 15) is 40.3 Å². The first-order valence-electron chi connectivity index (χ1n) is 13.5. The van der Waals surface area contributed by atoms with Crippen LogP contribution < -0.4 is 15.5 Å². The maximum Gasteiger partial charge on any atom is 0.416 e. The number of aromatic nitrogens is 2. The highest BCUT2D eigenvalue weighted by atomic mass is 19.4. The largest absolute Gasteiger partial charge is 0.416 e. The van der Waals surface area contributed by atoms with Crippen molar-refractivity contribution in [3.63, 3.8) is 0 Å². The summed E-state index contributed by atoms with van der Waals surface area (Å²) in [5.74, 6) is -2.66. The number of benzene rings is 3. The van der Waals surface area contributed by atoms with Gasteiger partial charge in [0.15, 0.2) is 6.04 Å². The molecule has 0 saturated carbocycles. The molecule has 0 radical (unpaired) electrons. The Kier molecular flexibility index (Phi) is 8.17. The number of halogens is 7. The van der Waals surface area contributed by atoms with E-state index in [-0.39, 0.29) is 40.3 Å². The molecule has 2 amide bonds. The molecular weight excluding hydrogens is 607 g/mol. The molecule has 0 saturated heterocycles. The Morgan fingerprint density at radius 1 is 1.00 bits per heavy atom. The van der Waals surface area contributed by atoms with Crippen molar-refractivity contribution < 1.29 is 40.3 Å². The van der Waals surface area contributed by atoms with Crippen LogP contribution in [0, 0.1) is 5.82 Å². The molecule has 1 aliphatic heterocycles.